The first-order valence-electron chi connectivity index (χ1n) is 6.23. The monoisotopic (exact) mass is 343 g/mol. The maximum atomic E-state index is 13.5. The predicted molar refractivity (Wildman–Crippen MR) is 72.7 cm³/mol. The molecule has 0 aliphatic carbocycles. The van der Waals surface area contributed by atoms with Gasteiger partial charge in [-0.05, 0) is 18.2 Å². The summed E-state index contributed by atoms with van der Waals surface area (Å²) in [6.07, 6.45) is 0.857. The number of nitro groups is 1. The zero-order valence-corrected chi connectivity index (χ0v) is 11.5. The van der Waals surface area contributed by atoms with Gasteiger partial charge in [-0.3, -0.25) is 14.9 Å². The van der Waals surface area contributed by atoms with Gasteiger partial charge in [-0.15, -0.1) is 0 Å². The number of carbonyl (C=O) groups is 1. The van der Waals surface area contributed by atoms with Crippen LogP contribution in [0, 0.1) is 39.2 Å². The van der Waals surface area contributed by atoms with Gasteiger partial charge in [0.05, 0.1) is 16.1 Å². The lowest BCUT2D eigenvalue weighted by molar-refractivity contribution is -0.385. The molecule has 2 aromatic rings. The molecular formula is C15H6F5NO3. The summed E-state index contributed by atoms with van der Waals surface area (Å²) in [5.41, 5.74) is -2.29. The molecule has 0 atom stereocenters. The van der Waals surface area contributed by atoms with Gasteiger partial charge in [0.2, 0.25) is 5.82 Å². The van der Waals surface area contributed by atoms with Crippen LogP contribution in [0.2, 0.25) is 0 Å². The maximum Gasteiger partial charge on any atom is 0.280 e. The van der Waals surface area contributed by atoms with E-state index >= 15 is 0 Å². The summed E-state index contributed by atoms with van der Waals surface area (Å²) < 4.78 is 66.0. The predicted octanol–water partition coefficient (Wildman–Crippen LogP) is 4.19. The highest BCUT2D eigenvalue weighted by Crippen LogP contribution is 2.25. The van der Waals surface area contributed by atoms with E-state index < -0.39 is 56.6 Å². The Hall–Kier alpha value is -3.10. The molecule has 2 aromatic carbocycles. The second kappa shape index (κ2) is 6.57. The smallest absolute Gasteiger partial charge is 0.280 e. The lowest BCUT2D eigenvalue weighted by atomic mass is 10.1. The van der Waals surface area contributed by atoms with Gasteiger partial charge in [0.1, 0.15) is 0 Å². The molecule has 0 saturated heterocycles. The number of ketones is 1. The van der Waals surface area contributed by atoms with Crippen molar-refractivity contribution in [3.05, 3.63) is 80.7 Å². The Kier molecular flexibility index (Phi) is 4.72. The number of hydrogen-bond donors (Lipinski definition) is 0. The molecule has 0 N–H and O–H groups in total. The first-order chi connectivity index (χ1) is 11.3. The van der Waals surface area contributed by atoms with Gasteiger partial charge >= 0.3 is 0 Å². The Labute approximate surface area is 131 Å². The number of nitro benzene ring substituents is 1. The van der Waals surface area contributed by atoms with Crippen LogP contribution < -0.4 is 0 Å². The van der Waals surface area contributed by atoms with Crippen molar-refractivity contribution >= 4 is 17.5 Å². The third-order valence-corrected chi connectivity index (χ3v) is 3.01. The van der Waals surface area contributed by atoms with Crippen molar-refractivity contribution in [1.82, 2.24) is 0 Å². The lowest BCUT2D eigenvalue weighted by Crippen LogP contribution is -2.05. The molecule has 0 bridgehead atoms. The number of nitrogens with zero attached hydrogens (tertiary/aromatic N) is 1. The van der Waals surface area contributed by atoms with Crippen LogP contribution in [0.15, 0.2) is 30.3 Å². The average Bonchev–Trinajstić information content (AvgIpc) is 2.58. The third kappa shape index (κ3) is 3.00. The molecule has 0 spiro atoms. The summed E-state index contributed by atoms with van der Waals surface area (Å²) in [7, 11) is 0. The summed E-state index contributed by atoms with van der Waals surface area (Å²) in [5.74, 6) is -11.9. The van der Waals surface area contributed by atoms with Crippen molar-refractivity contribution in [2.75, 3.05) is 0 Å². The number of hydrogen-bond acceptors (Lipinski definition) is 3. The molecule has 0 unspecified atom stereocenters. The van der Waals surface area contributed by atoms with Crippen molar-refractivity contribution in [3.63, 3.8) is 0 Å². The highest BCUT2D eigenvalue weighted by Gasteiger charge is 2.24. The van der Waals surface area contributed by atoms with E-state index in [0.29, 0.717) is 12.2 Å². The molecule has 0 aliphatic heterocycles. The highest BCUT2D eigenvalue weighted by molar-refractivity contribution is 6.09. The van der Waals surface area contributed by atoms with E-state index in [4.69, 9.17) is 0 Å². The zero-order chi connectivity index (χ0) is 18.0. The molecule has 9 heteroatoms. The minimum Gasteiger partial charge on any atom is -0.289 e. The van der Waals surface area contributed by atoms with E-state index in [2.05, 4.69) is 0 Å². The lowest BCUT2D eigenvalue weighted by Gasteiger charge is -2.04. The average molecular weight is 343 g/mol. The Bertz CT molecular complexity index is 851. The van der Waals surface area contributed by atoms with Crippen molar-refractivity contribution in [1.29, 1.82) is 0 Å². The van der Waals surface area contributed by atoms with E-state index in [-0.39, 0.29) is 0 Å². The summed E-state index contributed by atoms with van der Waals surface area (Å²) in [4.78, 5) is 21.9. The zero-order valence-electron chi connectivity index (χ0n) is 11.5. The first kappa shape index (κ1) is 17.3. The number of benzene rings is 2. The van der Waals surface area contributed by atoms with E-state index in [0.717, 1.165) is 12.1 Å². The van der Waals surface area contributed by atoms with Gasteiger partial charge < -0.3 is 0 Å². The fourth-order valence-electron chi connectivity index (χ4n) is 1.86. The molecule has 0 saturated carbocycles. The standard InChI is InChI=1S/C15H6F5NO3/c16-11-8(12(17)14(19)15(20)13(11)18)5-6-10(22)7-3-1-2-4-9(7)21(23)24/h1-6H/b6-5+. The van der Waals surface area contributed by atoms with Crippen LogP contribution in [0.1, 0.15) is 15.9 Å². The molecule has 24 heavy (non-hydrogen) atoms. The Morgan fingerprint density at radius 3 is 1.96 bits per heavy atom. The van der Waals surface area contributed by atoms with Gasteiger partial charge in [-0.1, -0.05) is 12.1 Å². The summed E-state index contributed by atoms with van der Waals surface area (Å²) in [6, 6.07) is 4.72. The topological polar surface area (TPSA) is 60.2 Å². The van der Waals surface area contributed by atoms with Gasteiger partial charge in [-0.25, -0.2) is 22.0 Å². The Balaban J connectivity index is 2.47. The largest absolute Gasteiger partial charge is 0.289 e. The summed E-state index contributed by atoms with van der Waals surface area (Å²) in [5, 5.41) is 10.8. The maximum absolute atomic E-state index is 13.5. The Morgan fingerprint density at radius 1 is 0.917 bits per heavy atom. The van der Waals surface area contributed by atoms with Gasteiger partial charge in [-0.2, -0.15) is 0 Å². The van der Waals surface area contributed by atoms with Crippen molar-refractivity contribution in [2.45, 2.75) is 0 Å². The number of allylic oxidation sites excluding steroid dienone is 1. The molecular weight excluding hydrogens is 337 g/mol. The molecule has 124 valence electrons. The minimum absolute atomic E-state index is 0.370. The second-order valence-electron chi connectivity index (χ2n) is 4.46. The molecule has 0 aromatic heterocycles. The fraction of sp³-hybridized carbons (Fsp3) is 0. The van der Waals surface area contributed by atoms with Crippen LogP contribution in [0.3, 0.4) is 0 Å². The molecule has 2 rings (SSSR count). The second-order valence-corrected chi connectivity index (χ2v) is 4.46. The molecule has 0 aliphatic rings. The fourth-order valence-corrected chi connectivity index (χ4v) is 1.86. The number of para-hydroxylation sites is 1. The summed E-state index contributed by atoms with van der Waals surface area (Å²) >= 11 is 0. The first-order valence-corrected chi connectivity index (χ1v) is 6.23. The van der Waals surface area contributed by atoms with E-state index in [1.165, 1.54) is 12.1 Å². The third-order valence-electron chi connectivity index (χ3n) is 3.01. The number of carbonyl (C=O) groups excluding carboxylic acids is 1. The minimum atomic E-state index is -2.33. The van der Waals surface area contributed by atoms with Crippen molar-refractivity contribution in [2.24, 2.45) is 0 Å². The van der Waals surface area contributed by atoms with Crippen LogP contribution >= 0.6 is 0 Å². The van der Waals surface area contributed by atoms with E-state index in [1.54, 1.807) is 0 Å². The van der Waals surface area contributed by atoms with Crippen LogP contribution in [0.4, 0.5) is 27.6 Å². The molecule has 0 heterocycles. The molecule has 0 amide bonds. The van der Waals surface area contributed by atoms with Crippen LogP contribution in [-0.2, 0) is 0 Å². The van der Waals surface area contributed by atoms with E-state index in [1.807, 2.05) is 0 Å². The Morgan fingerprint density at radius 2 is 1.42 bits per heavy atom. The van der Waals surface area contributed by atoms with Crippen LogP contribution in [0.5, 0.6) is 0 Å². The van der Waals surface area contributed by atoms with Gasteiger partial charge in [0.25, 0.3) is 5.69 Å². The number of rotatable bonds is 4. The normalized spacial score (nSPS) is 11.0. The summed E-state index contributed by atoms with van der Waals surface area (Å²) in [6.45, 7) is 0. The molecule has 4 nitrogen and oxygen atoms in total. The van der Waals surface area contributed by atoms with Crippen LogP contribution in [0.25, 0.3) is 6.08 Å². The van der Waals surface area contributed by atoms with Gasteiger partial charge in [0.15, 0.2) is 29.1 Å². The number of halogens is 5. The van der Waals surface area contributed by atoms with E-state index in [9.17, 15) is 36.9 Å². The van der Waals surface area contributed by atoms with Crippen molar-refractivity contribution in [3.8, 4) is 0 Å². The van der Waals surface area contributed by atoms with Crippen molar-refractivity contribution < 1.29 is 31.7 Å². The highest BCUT2D eigenvalue weighted by atomic mass is 19.2. The van der Waals surface area contributed by atoms with Crippen LogP contribution in [-0.4, -0.2) is 10.7 Å². The molecule has 0 fully saturated rings. The molecule has 0 radical (unpaired) electrons. The van der Waals surface area contributed by atoms with Gasteiger partial charge in [0, 0.05) is 6.07 Å². The quantitative estimate of drug-likeness (QED) is 0.159. The SMILES string of the molecule is O=C(/C=C/c1c(F)c(F)c(F)c(F)c1F)c1ccccc1[N+](=O)[O-].